The predicted octanol–water partition coefficient (Wildman–Crippen LogP) is 2.19. The minimum atomic E-state index is -0.107. The van der Waals surface area contributed by atoms with E-state index in [1.165, 1.54) is 0 Å². The number of halogens is 1. The number of rotatable bonds is 3. The molecule has 0 radical (unpaired) electrons. The van der Waals surface area contributed by atoms with Crippen LogP contribution in [0.4, 0.5) is 4.39 Å². The molecule has 1 aromatic rings. The Labute approximate surface area is 94.8 Å². The van der Waals surface area contributed by atoms with Gasteiger partial charge in [0.1, 0.15) is 5.82 Å². The molecule has 1 N–H and O–H groups in total. The molecule has 2 nitrogen and oxygen atoms in total. The topological polar surface area (TPSA) is 21.3 Å². The van der Waals surface area contributed by atoms with E-state index in [1.54, 1.807) is 12.1 Å². The zero-order valence-corrected chi connectivity index (χ0v) is 9.21. The fourth-order valence-electron chi connectivity index (χ4n) is 2.50. The van der Waals surface area contributed by atoms with Gasteiger partial charge in [0.25, 0.3) is 0 Å². The molecule has 1 aliphatic heterocycles. The lowest BCUT2D eigenvalue weighted by atomic mass is 10.0. The summed E-state index contributed by atoms with van der Waals surface area (Å²) in [5.41, 5.74) is 0.714. The standard InChI is InChI=1S/C13H16FNO/c14-12-4-2-1-3-11(12)13(6-7-13)15-10-5-8-16-9-10/h1-4,10,15H,5-9H2. The van der Waals surface area contributed by atoms with Crippen molar-refractivity contribution in [1.29, 1.82) is 0 Å². The van der Waals surface area contributed by atoms with Crippen molar-refractivity contribution in [3.8, 4) is 0 Å². The normalized spacial score (nSPS) is 26.9. The third-order valence-electron chi connectivity index (χ3n) is 3.55. The maximum Gasteiger partial charge on any atom is 0.128 e. The van der Waals surface area contributed by atoms with Gasteiger partial charge in [-0.15, -0.1) is 0 Å². The van der Waals surface area contributed by atoms with Gasteiger partial charge in [0, 0.05) is 23.8 Å². The van der Waals surface area contributed by atoms with E-state index < -0.39 is 0 Å². The summed E-state index contributed by atoms with van der Waals surface area (Å²) in [5.74, 6) is -0.0913. The van der Waals surface area contributed by atoms with Crippen LogP contribution >= 0.6 is 0 Å². The summed E-state index contributed by atoms with van der Waals surface area (Å²) >= 11 is 0. The molecule has 1 heterocycles. The highest BCUT2D eigenvalue weighted by atomic mass is 19.1. The van der Waals surface area contributed by atoms with Crippen LogP contribution in [0.3, 0.4) is 0 Å². The van der Waals surface area contributed by atoms with Gasteiger partial charge in [-0.2, -0.15) is 0 Å². The van der Waals surface area contributed by atoms with Crippen molar-refractivity contribution >= 4 is 0 Å². The molecule has 1 unspecified atom stereocenters. The van der Waals surface area contributed by atoms with E-state index >= 15 is 0 Å². The molecule has 2 aliphatic rings. The van der Waals surface area contributed by atoms with Crippen molar-refractivity contribution in [2.45, 2.75) is 30.8 Å². The van der Waals surface area contributed by atoms with E-state index in [4.69, 9.17) is 4.74 Å². The van der Waals surface area contributed by atoms with Gasteiger partial charge in [0.05, 0.1) is 6.61 Å². The average Bonchev–Trinajstić information content (AvgIpc) is 2.87. The highest BCUT2D eigenvalue weighted by Gasteiger charge is 2.47. The summed E-state index contributed by atoms with van der Waals surface area (Å²) in [7, 11) is 0. The van der Waals surface area contributed by atoms with Gasteiger partial charge in [-0.1, -0.05) is 18.2 Å². The lowest BCUT2D eigenvalue weighted by molar-refractivity contribution is 0.187. The number of ether oxygens (including phenoxy) is 1. The molecule has 0 spiro atoms. The fourth-order valence-corrected chi connectivity index (χ4v) is 2.50. The monoisotopic (exact) mass is 221 g/mol. The maximum absolute atomic E-state index is 13.7. The molecule has 86 valence electrons. The predicted molar refractivity (Wildman–Crippen MR) is 59.7 cm³/mol. The van der Waals surface area contributed by atoms with Crippen molar-refractivity contribution in [2.24, 2.45) is 0 Å². The van der Waals surface area contributed by atoms with E-state index in [2.05, 4.69) is 5.32 Å². The van der Waals surface area contributed by atoms with Crippen LogP contribution in [0.15, 0.2) is 24.3 Å². The van der Waals surface area contributed by atoms with Gasteiger partial charge in [0.2, 0.25) is 0 Å². The second kappa shape index (κ2) is 3.82. The van der Waals surface area contributed by atoms with Crippen LogP contribution in [0.25, 0.3) is 0 Å². The van der Waals surface area contributed by atoms with Gasteiger partial charge < -0.3 is 10.1 Å². The van der Waals surface area contributed by atoms with E-state index in [0.717, 1.165) is 38.0 Å². The molecule has 0 bridgehead atoms. The molecular formula is C13H16FNO. The first kappa shape index (κ1) is 10.2. The van der Waals surface area contributed by atoms with Gasteiger partial charge >= 0.3 is 0 Å². The second-order valence-corrected chi connectivity index (χ2v) is 4.77. The molecule has 1 saturated carbocycles. The lowest BCUT2D eigenvalue weighted by Gasteiger charge is -2.22. The van der Waals surface area contributed by atoms with Crippen LogP contribution in [0.5, 0.6) is 0 Å². The molecule has 0 amide bonds. The summed E-state index contributed by atoms with van der Waals surface area (Å²) in [4.78, 5) is 0. The molecule has 2 fully saturated rings. The summed E-state index contributed by atoms with van der Waals surface area (Å²) in [6.45, 7) is 1.58. The minimum absolute atomic E-state index is 0.0913. The smallest absolute Gasteiger partial charge is 0.128 e. The van der Waals surface area contributed by atoms with Crippen molar-refractivity contribution in [3.63, 3.8) is 0 Å². The van der Waals surface area contributed by atoms with Gasteiger partial charge in [-0.25, -0.2) is 4.39 Å². The van der Waals surface area contributed by atoms with Crippen molar-refractivity contribution in [3.05, 3.63) is 35.6 Å². The Morgan fingerprint density at radius 1 is 1.31 bits per heavy atom. The van der Waals surface area contributed by atoms with Gasteiger partial charge in [-0.05, 0) is 25.3 Å². The van der Waals surface area contributed by atoms with Crippen molar-refractivity contribution in [2.75, 3.05) is 13.2 Å². The van der Waals surface area contributed by atoms with Crippen molar-refractivity contribution < 1.29 is 9.13 Å². The maximum atomic E-state index is 13.7. The number of nitrogens with one attached hydrogen (secondary N) is 1. The molecule has 1 aliphatic carbocycles. The summed E-state index contributed by atoms with van der Waals surface area (Å²) in [5, 5.41) is 3.56. The molecule has 1 atom stereocenters. The van der Waals surface area contributed by atoms with Gasteiger partial charge in [-0.3, -0.25) is 0 Å². The highest BCUT2D eigenvalue weighted by Crippen LogP contribution is 2.47. The Bertz CT molecular complexity index is 383. The van der Waals surface area contributed by atoms with Crippen LogP contribution in [0, 0.1) is 5.82 Å². The number of hydrogen-bond acceptors (Lipinski definition) is 2. The first-order valence-electron chi connectivity index (χ1n) is 5.91. The largest absolute Gasteiger partial charge is 0.380 e. The Morgan fingerprint density at radius 3 is 2.75 bits per heavy atom. The fraction of sp³-hybridized carbons (Fsp3) is 0.538. The lowest BCUT2D eigenvalue weighted by Crippen LogP contribution is -2.39. The van der Waals surface area contributed by atoms with Crippen molar-refractivity contribution in [1.82, 2.24) is 5.32 Å². The molecule has 3 rings (SSSR count). The third kappa shape index (κ3) is 1.74. The van der Waals surface area contributed by atoms with Gasteiger partial charge in [0.15, 0.2) is 0 Å². The minimum Gasteiger partial charge on any atom is -0.380 e. The van der Waals surface area contributed by atoms with Crippen LogP contribution in [0.2, 0.25) is 0 Å². The summed E-state index contributed by atoms with van der Waals surface area (Å²) < 4.78 is 19.1. The molecular weight excluding hydrogens is 205 g/mol. The van der Waals surface area contributed by atoms with E-state index in [0.29, 0.717) is 6.04 Å². The molecule has 3 heteroatoms. The second-order valence-electron chi connectivity index (χ2n) is 4.77. The number of benzene rings is 1. The van der Waals surface area contributed by atoms with Crippen LogP contribution in [-0.2, 0) is 10.3 Å². The van der Waals surface area contributed by atoms with Crippen LogP contribution < -0.4 is 5.32 Å². The highest BCUT2D eigenvalue weighted by molar-refractivity contribution is 5.31. The molecule has 16 heavy (non-hydrogen) atoms. The first-order valence-corrected chi connectivity index (χ1v) is 5.91. The Morgan fingerprint density at radius 2 is 2.12 bits per heavy atom. The zero-order chi connectivity index (χ0) is 11.0. The van der Waals surface area contributed by atoms with Crippen LogP contribution in [-0.4, -0.2) is 19.3 Å². The first-order chi connectivity index (χ1) is 7.80. The summed E-state index contributed by atoms with van der Waals surface area (Å²) in [6.07, 6.45) is 3.10. The van der Waals surface area contributed by atoms with E-state index in [-0.39, 0.29) is 11.4 Å². The zero-order valence-electron chi connectivity index (χ0n) is 9.21. The third-order valence-corrected chi connectivity index (χ3v) is 3.55. The van der Waals surface area contributed by atoms with E-state index in [1.807, 2.05) is 12.1 Å². The Hall–Kier alpha value is -0.930. The van der Waals surface area contributed by atoms with E-state index in [9.17, 15) is 4.39 Å². The summed E-state index contributed by atoms with van der Waals surface area (Å²) in [6, 6.07) is 7.48. The molecule has 1 saturated heterocycles. The van der Waals surface area contributed by atoms with Crippen LogP contribution in [0.1, 0.15) is 24.8 Å². The molecule has 1 aromatic carbocycles. The quantitative estimate of drug-likeness (QED) is 0.844. The number of hydrogen-bond donors (Lipinski definition) is 1. The molecule has 0 aromatic heterocycles. The average molecular weight is 221 g/mol. The Balaban J connectivity index is 1.80. The SMILES string of the molecule is Fc1ccccc1C1(NC2CCOC2)CC1. The Kier molecular flexibility index (Phi) is 2.45.